The highest BCUT2D eigenvalue weighted by molar-refractivity contribution is 5.48. The molecule has 0 bridgehead atoms. The third-order valence-electron chi connectivity index (χ3n) is 3.22. The Labute approximate surface area is 131 Å². The highest BCUT2D eigenvalue weighted by atomic mass is 19.4. The maximum atomic E-state index is 13.3. The Bertz CT molecular complexity index is 736. The first-order valence-electron chi connectivity index (χ1n) is 6.47. The summed E-state index contributed by atoms with van der Waals surface area (Å²) >= 11 is 0. The Balaban J connectivity index is 2.44. The highest BCUT2D eigenvalue weighted by Crippen LogP contribution is 2.42. The molecule has 0 aliphatic heterocycles. The predicted molar refractivity (Wildman–Crippen MR) is 69.6 cm³/mol. The number of nitrogens with two attached hydrogens (primary N) is 1. The number of nitrogen functional groups attached to an aromatic ring is 1. The normalized spacial score (nSPS) is 12.9. The Morgan fingerprint density at radius 2 is 1.79 bits per heavy atom. The number of aromatic nitrogens is 3. The van der Waals surface area contributed by atoms with Crippen molar-refractivity contribution in [3.63, 3.8) is 0 Å². The van der Waals surface area contributed by atoms with Crippen LogP contribution in [0.1, 0.15) is 29.3 Å². The molecule has 0 atom stereocenters. The van der Waals surface area contributed by atoms with Gasteiger partial charge in [0.05, 0.1) is 0 Å². The van der Waals surface area contributed by atoms with Crippen molar-refractivity contribution >= 4 is 5.69 Å². The van der Waals surface area contributed by atoms with Gasteiger partial charge in [-0.05, 0) is 24.1 Å². The molecule has 0 unspecified atom stereocenters. The van der Waals surface area contributed by atoms with Crippen LogP contribution in [-0.4, -0.2) is 20.9 Å². The fourth-order valence-electron chi connectivity index (χ4n) is 1.92. The number of halogens is 7. The number of anilines is 1. The van der Waals surface area contributed by atoms with Gasteiger partial charge in [0.15, 0.2) is 0 Å². The quantitative estimate of drug-likeness (QED) is 0.670. The van der Waals surface area contributed by atoms with Crippen LogP contribution in [0.5, 0.6) is 0 Å². The fourth-order valence-corrected chi connectivity index (χ4v) is 1.92. The SMILES string of the molecule is Cc1cc(Cc2nc(C(F)(F)C(F)(F)F)nn2C(F)F)ccc1N. The second kappa shape index (κ2) is 5.95. The minimum absolute atomic E-state index is 0.249. The Hall–Kier alpha value is -2.33. The van der Waals surface area contributed by atoms with Gasteiger partial charge in [0.1, 0.15) is 5.82 Å². The summed E-state index contributed by atoms with van der Waals surface area (Å²) in [4.78, 5) is 2.99. The summed E-state index contributed by atoms with van der Waals surface area (Å²) in [6.45, 7) is -1.79. The van der Waals surface area contributed by atoms with Crippen LogP contribution in [0, 0.1) is 6.92 Å². The summed E-state index contributed by atoms with van der Waals surface area (Å²) in [5, 5.41) is 2.64. The number of rotatable bonds is 4. The maximum absolute atomic E-state index is 13.3. The van der Waals surface area contributed by atoms with E-state index >= 15 is 0 Å². The molecule has 24 heavy (non-hydrogen) atoms. The monoisotopic (exact) mass is 356 g/mol. The van der Waals surface area contributed by atoms with Crippen molar-refractivity contribution in [3.8, 4) is 0 Å². The molecule has 0 aliphatic rings. The number of benzene rings is 1. The molecule has 2 rings (SSSR count). The van der Waals surface area contributed by atoms with E-state index in [4.69, 9.17) is 5.73 Å². The molecule has 0 radical (unpaired) electrons. The van der Waals surface area contributed by atoms with Crippen molar-refractivity contribution in [2.24, 2.45) is 0 Å². The van der Waals surface area contributed by atoms with Gasteiger partial charge in [0, 0.05) is 12.1 Å². The molecule has 0 fully saturated rings. The second-order valence-electron chi connectivity index (χ2n) is 5.01. The van der Waals surface area contributed by atoms with Crippen LogP contribution in [0.3, 0.4) is 0 Å². The van der Waals surface area contributed by atoms with Gasteiger partial charge < -0.3 is 5.73 Å². The third kappa shape index (κ3) is 3.29. The molecule has 2 aromatic rings. The van der Waals surface area contributed by atoms with Gasteiger partial charge in [-0.25, -0.2) is 4.98 Å². The molecule has 0 saturated heterocycles. The topological polar surface area (TPSA) is 56.7 Å². The highest BCUT2D eigenvalue weighted by Gasteiger charge is 2.62. The zero-order chi connectivity index (χ0) is 18.3. The number of nitrogens with zero attached hydrogens (tertiary/aromatic N) is 3. The number of alkyl halides is 7. The Kier molecular flexibility index (Phi) is 4.46. The van der Waals surface area contributed by atoms with Gasteiger partial charge in [-0.2, -0.15) is 35.4 Å². The summed E-state index contributed by atoms with van der Waals surface area (Å²) in [5.74, 6) is -8.16. The van der Waals surface area contributed by atoms with Crippen molar-refractivity contribution in [1.82, 2.24) is 14.8 Å². The summed E-state index contributed by atoms with van der Waals surface area (Å²) in [5.41, 5.74) is 6.96. The molecule has 0 amide bonds. The van der Waals surface area contributed by atoms with Crippen LogP contribution in [0.15, 0.2) is 18.2 Å². The van der Waals surface area contributed by atoms with Gasteiger partial charge in [0.2, 0.25) is 5.82 Å². The van der Waals surface area contributed by atoms with E-state index in [0.29, 0.717) is 16.8 Å². The van der Waals surface area contributed by atoms with Gasteiger partial charge in [0.25, 0.3) is 0 Å². The number of hydrogen-bond acceptors (Lipinski definition) is 3. The van der Waals surface area contributed by atoms with E-state index < -0.39 is 36.7 Å². The molecule has 0 aliphatic carbocycles. The standard InChI is InChI=1S/C13H11F7N4/c1-6-4-7(2-3-8(6)21)5-9-22-10(23-24(9)11(14)15)12(16,17)13(18,19)20/h2-4,11H,5,21H2,1H3. The number of hydrogen-bond donors (Lipinski definition) is 1. The van der Waals surface area contributed by atoms with Crippen LogP contribution in [0.25, 0.3) is 0 Å². The van der Waals surface area contributed by atoms with E-state index in [1.54, 1.807) is 6.92 Å². The van der Waals surface area contributed by atoms with Crippen LogP contribution in [0.2, 0.25) is 0 Å². The molecule has 1 aromatic heterocycles. The molecular formula is C13H11F7N4. The minimum atomic E-state index is -5.99. The molecule has 1 aromatic carbocycles. The lowest BCUT2D eigenvalue weighted by molar-refractivity contribution is -0.292. The largest absolute Gasteiger partial charge is 0.461 e. The summed E-state index contributed by atoms with van der Waals surface area (Å²) in [7, 11) is 0. The van der Waals surface area contributed by atoms with Crippen molar-refractivity contribution in [2.45, 2.75) is 32.0 Å². The molecule has 0 spiro atoms. The second-order valence-corrected chi connectivity index (χ2v) is 5.01. The van der Waals surface area contributed by atoms with E-state index in [1.165, 1.54) is 18.2 Å². The smallest absolute Gasteiger partial charge is 0.399 e. The summed E-state index contributed by atoms with van der Waals surface area (Å²) in [6, 6.07) is 4.37. The first-order chi connectivity index (χ1) is 10.9. The summed E-state index contributed by atoms with van der Waals surface area (Å²) in [6.07, 6.45) is -6.40. The Morgan fingerprint density at radius 3 is 2.29 bits per heavy atom. The zero-order valence-electron chi connectivity index (χ0n) is 12.1. The van der Waals surface area contributed by atoms with Crippen molar-refractivity contribution in [3.05, 3.63) is 41.0 Å². The van der Waals surface area contributed by atoms with Gasteiger partial charge in [-0.15, -0.1) is 5.10 Å². The molecule has 2 N–H and O–H groups in total. The summed E-state index contributed by atoms with van der Waals surface area (Å²) < 4.78 is 89.1. The molecule has 0 saturated carbocycles. The molecule has 1 heterocycles. The van der Waals surface area contributed by atoms with Gasteiger partial charge >= 0.3 is 18.6 Å². The van der Waals surface area contributed by atoms with Crippen molar-refractivity contribution < 1.29 is 30.7 Å². The molecule has 132 valence electrons. The van der Waals surface area contributed by atoms with E-state index in [2.05, 4.69) is 10.1 Å². The average molecular weight is 356 g/mol. The Morgan fingerprint density at radius 1 is 1.17 bits per heavy atom. The van der Waals surface area contributed by atoms with Crippen LogP contribution >= 0.6 is 0 Å². The van der Waals surface area contributed by atoms with E-state index in [9.17, 15) is 30.7 Å². The lowest BCUT2D eigenvalue weighted by Gasteiger charge is -2.15. The van der Waals surface area contributed by atoms with Crippen molar-refractivity contribution in [2.75, 3.05) is 5.73 Å². The molecule has 11 heteroatoms. The fraction of sp³-hybridized carbons (Fsp3) is 0.385. The minimum Gasteiger partial charge on any atom is -0.399 e. The molecule has 4 nitrogen and oxygen atoms in total. The third-order valence-corrected chi connectivity index (χ3v) is 3.22. The zero-order valence-corrected chi connectivity index (χ0v) is 12.1. The maximum Gasteiger partial charge on any atom is 0.461 e. The van der Waals surface area contributed by atoms with E-state index in [-0.39, 0.29) is 4.68 Å². The van der Waals surface area contributed by atoms with Crippen LogP contribution < -0.4 is 5.73 Å². The van der Waals surface area contributed by atoms with Crippen molar-refractivity contribution in [1.29, 1.82) is 0 Å². The average Bonchev–Trinajstić information content (AvgIpc) is 2.86. The first-order valence-corrected chi connectivity index (χ1v) is 6.47. The van der Waals surface area contributed by atoms with Crippen LogP contribution in [0.4, 0.5) is 36.4 Å². The van der Waals surface area contributed by atoms with E-state index in [0.717, 1.165) is 0 Å². The van der Waals surface area contributed by atoms with Gasteiger partial charge in [-0.3, -0.25) is 0 Å². The predicted octanol–water partition coefficient (Wildman–Crippen LogP) is 3.81. The van der Waals surface area contributed by atoms with Crippen LogP contribution in [-0.2, 0) is 12.3 Å². The molecular weight excluding hydrogens is 345 g/mol. The lowest BCUT2D eigenvalue weighted by atomic mass is 10.1. The van der Waals surface area contributed by atoms with E-state index in [1.807, 2.05) is 0 Å². The lowest BCUT2D eigenvalue weighted by Crippen LogP contribution is -2.35. The van der Waals surface area contributed by atoms with Gasteiger partial charge in [-0.1, -0.05) is 12.1 Å². The first kappa shape index (κ1) is 18.0. The number of aryl methyl sites for hydroxylation is 1.